The first-order valence-corrected chi connectivity index (χ1v) is 11.7. The summed E-state index contributed by atoms with van der Waals surface area (Å²) in [5.74, 6) is 0.103. The highest BCUT2D eigenvalue weighted by Crippen LogP contribution is 2.58. The van der Waals surface area contributed by atoms with Crippen LogP contribution in [0.4, 0.5) is 5.69 Å². The highest BCUT2D eigenvalue weighted by molar-refractivity contribution is 6.13. The van der Waals surface area contributed by atoms with Gasteiger partial charge in [-0.3, -0.25) is 4.79 Å². The van der Waals surface area contributed by atoms with E-state index in [0.29, 0.717) is 0 Å². The van der Waals surface area contributed by atoms with Gasteiger partial charge in [0.1, 0.15) is 5.41 Å². The summed E-state index contributed by atoms with van der Waals surface area (Å²) >= 11 is 0. The van der Waals surface area contributed by atoms with Crippen LogP contribution in [-0.4, -0.2) is 10.5 Å². The zero-order valence-corrected chi connectivity index (χ0v) is 19.3. The van der Waals surface area contributed by atoms with Gasteiger partial charge in [-0.05, 0) is 36.2 Å². The Kier molecular flexibility index (Phi) is 4.66. The van der Waals surface area contributed by atoms with Crippen LogP contribution in [0.25, 0.3) is 10.9 Å². The number of hydrogen-bond donors (Lipinski definition) is 0. The van der Waals surface area contributed by atoms with Crippen molar-refractivity contribution in [3.63, 3.8) is 0 Å². The molecule has 1 saturated heterocycles. The smallest absolute Gasteiger partial charge is 0.245 e. The van der Waals surface area contributed by atoms with Gasteiger partial charge >= 0.3 is 0 Å². The third-order valence-corrected chi connectivity index (χ3v) is 7.22. The van der Waals surface area contributed by atoms with Crippen molar-refractivity contribution in [2.24, 2.45) is 7.05 Å². The van der Waals surface area contributed by atoms with Gasteiger partial charge in [0.05, 0.1) is 6.04 Å². The summed E-state index contributed by atoms with van der Waals surface area (Å²) in [7, 11) is 2.08. The van der Waals surface area contributed by atoms with E-state index in [1.807, 2.05) is 41.3 Å². The Balaban J connectivity index is 1.67. The minimum atomic E-state index is -0.808. The number of amides is 1. The van der Waals surface area contributed by atoms with Crippen molar-refractivity contribution in [1.29, 1.82) is 0 Å². The summed E-state index contributed by atoms with van der Waals surface area (Å²) in [6, 6.07) is 37.1. The monoisotopic (exact) mass is 442 g/mol. The molecule has 1 atom stereocenters. The molecule has 1 aromatic heterocycles. The third-order valence-electron chi connectivity index (χ3n) is 7.22. The maximum Gasteiger partial charge on any atom is 0.245 e. The molecule has 0 radical (unpaired) electrons. The molecule has 0 aliphatic carbocycles. The lowest BCUT2D eigenvalue weighted by Crippen LogP contribution is -2.67. The minimum absolute atomic E-state index is 0.103. The lowest BCUT2D eigenvalue weighted by Gasteiger charge is -2.56. The van der Waals surface area contributed by atoms with E-state index < -0.39 is 5.41 Å². The van der Waals surface area contributed by atoms with Crippen LogP contribution < -0.4 is 4.90 Å². The number of nitrogens with zero attached hydrogens (tertiary/aromatic N) is 2. The summed E-state index contributed by atoms with van der Waals surface area (Å²) in [4.78, 5) is 16.4. The molecule has 1 fully saturated rings. The van der Waals surface area contributed by atoms with E-state index in [0.717, 1.165) is 27.9 Å². The number of aromatic nitrogens is 1. The minimum Gasteiger partial charge on any atom is -0.350 e. The normalized spacial score (nSPS) is 17.1. The average Bonchev–Trinajstić information content (AvgIpc) is 3.21. The molecule has 4 aromatic carbocycles. The van der Waals surface area contributed by atoms with E-state index >= 15 is 0 Å². The summed E-state index contributed by atoms with van der Waals surface area (Å²) in [5, 5.41) is 1.18. The van der Waals surface area contributed by atoms with E-state index in [9.17, 15) is 4.79 Å². The van der Waals surface area contributed by atoms with Gasteiger partial charge in [-0.25, -0.2) is 0 Å². The Labute approximate surface area is 199 Å². The topological polar surface area (TPSA) is 25.2 Å². The summed E-state index contributed by atoms with van der Waals surface area (Å²) in [6.45, 7) is 2.07. The summed E-state index contributed by atoms with van der Waals surface area (Å²) in [5.41, 5.74) is 5.66. The fourth-order valence-corrected chi connectivity index (χ4v) is 5.62. The van der Waals surface area contributed by atoms with Crippen molar-refractivity contribution in [3.8, 4) is 0 Å². The molecule has 34 heavy (non-hydrogen) atoms. The second kappa shape index (κ2) is 7.74. The van der Waals surface area contributed by atoms with Crippen LogP contribution in [-0.2, 0) is 17.3 Å². The fraction of sp³-hybridized carbons (Fsp3) is 0.129. The molecular weight excluding hydrogens is 416 g/mol. The number of para-hydroxylation sites is 1. The molecule has 5 aromatic rings. The first-order chi connectivity index (χ1) is 16.6. The second-order valence-corrected chi connectivity index (χ2v) is 9.17. The Hall–Kier alpha value is -4.11. The van der Waals surface area contributed by atoms with Crippen molar-refractivity contribution < 1.29 is 4.79 Å². The first kappa shape index (κ1) is 20.5. The predicted molar refractivity (Wildman–Crippen MR) is 138 cm³/mol. The third kappa shape index (κ3) is 2.80. The number of carbonyl (C=O) groups is 1. The number of anilines is 1. The number of benzene rings is 4. The Morgan fingerprint density at radius 1 is 0.706 bits per heavy atom. The molecule has 6 rings (SSSR count). The fourth-order valence-electron chi connectivity index (χ4n) is 5.62. The number of β-lactam (4-membered cyclic amide) rings is 1. The van der Waals surface area contributed by atoms with Crippen LogP contribution >= 0.6 is 0 Å². The molecule has 0 spiro atoms. The second-order valence-electron chi connectivity index (χ2n) is 9.17. The van der Waals surface area contributed by atoms with Crippen LogP contribution in [0.3, 0.4) is 0 Å². The Bertz CT molecular complexity index is 1440. The lowest BCUT2D eigenvalue weighted by atomic mass is 9.59. The van der Waals surface area contributed by atoms with Crippen LogP contribution in [0.1, 0.15) is 28.3 Å². The number of hydrogen-bond acceptors (Lipinski definition) is 1. The zero-order chi connectivity index (χ0) is 23.3. The molecule has 2 heterocycles. The standard InChI is InChI=1S/C31H26N2O/c1-22-17-19-25(20-18-22)33-29(27-21-32(2)28-16-10-9-15-26(27)28)31(30(33)34,23-11-5-3-6-12-23)24-13-7-4-8-14-24/h3-21,29H,1-2H3. The van der Waals surface area contributed by atoms with Gasteiger partial charge < -0.3 is 9.47 Å². The van der Waals surface area contributed by atoms with Crippen molar-refractivity contribution in [1.82, 2.24) is 4.57 Å². The van der Waals surface area contributed by atoms with Gasteiger partial charge in [0, 0.05) is 35.4 Å². The summed E-state index contributed by atoms with van der Waals surface area (Å²) < 4.78 is 2.17. The van der Waals surface area contributed by atoms with E-state index in [1.54, 1.807) is 0 Å². The first-order valence-electron chi connectivity index (χ1n) is 11.7. The van der Waals surface area contributed by atoms with E-state index in [4.69, 9.17) is 0 Å². The highest BCUT2D eigenvalue weighted by atomic mass is 16.2. The van der Waals surface area contributed by atoms with Crippen molar-refractivity contribution in [3.05, 3.63) is 138 Å². The van der Waals surface area contributed by atoms with Gasteiger partial charge in [0.2, 0.25) is 5.91 Å². The maximum atomic E-state index is 14.4. The van der Waals surface area contributed by atoms with Gasteiger partial charge in [-0.2, -0.15) is 0 Å². The molecule has 0 N–H and O–H groups in total. The molecular formula is C31H26N2O. The van der Waals surface area contributed by atoms with E-state index in [2.05, 4.69) is 97.5 Å². The van der Waals surface area contributed by atoms with Crippen LogP contribution in [0.5, 0.6) is 0 Å². The number of rotatable bonds is 4. The van der Waals surface area contributed by atoms with Gasteiger partial charge in [0.15, 0.2) is 0 Å². The van der Waals surface area contributed by atoms with Crippen molar-refractivity contribution in [2.45, 2.75) is 18.4 Å². The van der Waals surface area contributed by atoms with Gasteiger partial charge in [0.25, 0.3) is 0 Å². The predicted octanol–water partition coefficient (Wildman–Crippen LogP) is 6.56. The van der Waals surface area contributed by atoms with Crippen molar-refractivity contribution in [2.75, 3.05) is 4.90 Å². The Morgan fingerprint density at radius 2 is 1.26 bits per heavy atom. The molecule has 1 aliphatic heterocycles. The number of aryl methyl sites for hydroxylation is 2. The van der Waals surface area contributed by atoms with Crippen LogP contribution in [0.15, 0.2) is 115 Å². The molecule has 0 bridgehead atoms. The lowest BCUT2D eigenvalue weighted by molar-refractivity contribution is -0.131. The van der Waals surface area contributed by atoms with E-state index in [-0.39, 0.29) is 11.9 Å². The molecule has 3 nitrogen and oxygen atoms in total. The highest BCUT2D eigenvalue weighted by Gasteiger charge is 2.64. The van der Waals surface area contributed by atoms with Gasteiger partial charge in [-0.1, -0.05) is 96.6 Å². The van der Waals surface area contributed by atoms with Crippen LogP contribution in [0, 0.1) is 6.92 Å². The summed E-state index contributed by atoms with van der Waals surface area (Å²) in [6.07, 6.45) is 2.20. The molecule has 166 valence electrons. The SMILES string of the molecule is Cc1ccc(N2C(=O)C(c3ccccc3)(c3ccccc3)C2c2cn(C)c3ccccc23)cc1. The molecule has 1 aliphatic rings. The average molecular weight is 443 g/mol. The number of carbonyl (C=O) groups excluding carboxylic acids is 1. The van der Waals surface area contributed by atoms with Gasteiger partial charge in [-0.15, -0.1) is 0 Å². The molecule has 3 heteroatoms. The number of fused-ring (bicyclic) bond motifs is 1. The maximum absolute atomic E-state index is 14.4. The molecule has 0 saturated carbocycles. The largest absolute Gasteiger partial charge is 0.350 e. The van der Waals surface area contributed by atoms with Crippen LogP contribution in [0.2, 0.25) is 0 Å². The van der Waals surface area contributed by atoms with E-state index in [1.165, 1.54) is 10.9 Å². The molecule has 1 amide bonds. The molecule has 1 unspecified atom stereocenters. The zero-order valence-electron chi connectivity index (χ0n) is 19.3. The Morgan fingerprint density at radius 3 is 1.88 bits per heavy atom. The van der Waals surface area contributed by atoms with Crippen molar-refractivity contribution >= 4 is 22.5 Å². The quantitative estimate of drug-likeness (QED) is 0.289.